The number of piperidine rings is 1. The maximum absolute atomic E-state index is 12.9. The van der Waals surface area contributed by atoms with Crippen molar-refractivity contribution in [3.63, 3.8) is 0 Å². The highest BCUT2D eigenvalue weighted by Gasteiger charge is 2.29. The van der Waals surface area contributed by atoms with Gasteiger partial charge in [0, 0.05) is 11.4 Å². The van der Waals surface area contributed by atoms with Crippen molar-refractivity contribution in [1.82, 2.24) is 15.5 Å². The van der Waals surface area contributed by atoms with E-state index < -0.39 is 6.04 Å². The largest absolute Gasteiger partial charge is 0.459 e. The molecule has 1 aliphatic rings. The fraction of sp³-hybridized carbons (Fsp3) is 0.545. The van der Waals surface area contributed by atoms with Crippen LogP contribution in [0, 0.1) is 11.8 Å². The molecule has 2 amide bonds. The minimum Gasteiger partial charge on any atom is -0.459 e. The Morgan fingerprint density at radius 1 is 1.24 bits per heavy atom. The van der Waals surface area contributed by atoms with Crippen LogP contribution in [0.2, 0.25) is 0 Å². The van der Waals surface area contributed by atoms with E-state index in [4.69, 9.17) is 4.42 Å². The summed E-state index contributed by atoms with van der Waals surface area (Å²) in [6.07, 6.45) is 3.82. The molecule has 1 aliphatic heterocycles. The molecule has 0 aliphatic carbocycles. The molecule has 3 heterocycles. The summed E-state index contributed by atoms with van der Waals surface area (Å²) in [7, 11) is 0. The number of nitrogens with one attached hydrogen (secondary N) is 2. The minimum absolute atomic E-state index is 0.0371. The Morgan fingerprint density at radius 3 is 2.59 bits per heavy atom. The Kier molecular flexibility index (Phi) is 7.50. The van der Waals surface area contributed by atoms with Gasteiger partial charge in [-0.1, -0.05) is 26.8 Å². The third-order valence-corrected chi connectivity index (χ3v) is 6.55. The number of carbonyl (C=O) groups is 2. The molecule has 2 aromatic rings. The van der Waals surface area contributed by atoms with Gasteiger partial charge in [-0.3, -0.25) is 14.5 Å². The number of likely N-dealkylation sites (tertiary alicyclic amines) is 1. The molecular formula is C22H31N3O3S. The molecule has 3 rings (SSSR count). The average molecular weight is 418 g/mol. The standard InChI is InChI=1S/C22H31N3O3S/c1-15(2)20(24-21(26)18-6-4-12-28-18)22(27)23-14-17(19-7-5-13-29-19)25-10-8-16(3)9-11-25/h4-7,12-13,15-17,20H,8-11,14H2,1-3H3,(H,23,27)(H,24,26)/t17-,20-/m1/s1. The van der Waals surface area contributed by atoms with Crippen LogP contribution in [0.4, 0.5) is 0 Å². The molecule has 2 N–H and O–H groups in total. The van der Waals surface area contributed by atoms with Gasteiger partial charge >= 0.3 is 0 Å². The number of amides is 2. The molecule has 2 aromatic heterocycles. The van der Waals surface area contributed by atoms with Crippen molar-refractivity contribution in [2.24, 2.45) is 11.8 Å². The molecular weight excluding hydrogens is 386 g/mol. The van der Waals surface area contributed by atoms with E-state index in [0.717, 1.165) is 19.0 Å². The van der Waals surface area contributed by atoms with Crippen molar-refractivity contribution in [2.45, 2.75) is 45.7 Å². The van der Waals surface area contributed by atoms with Crippen LogP contribution in [-0.2, 0) is 4.79 Å². The van der Waals surface area contributed by atoms with E-state index in [-0.39, 0.29) is 29.5 Å². The van der Waals surface area contributed by atoms with Gasteiger partial charge in [-0.2, -0.15) is 0 Å². The maximum Gasteiger partial charge on any atom is 0.287 e. The molecule has 0 aromatic carbocycles. The van der Waals surface area contributed by atoms with E-state index in [1.54, 1.807) is 23.5 Å². The van der Waals surface area contributed by atoms with E-state index >= 15 is 0 Å². The van der Waals surface area contributed by atoms with Gasteiger partial charge in [0.05, 0.1) is 12.3 Å². The van der Waals surface area contributed by atoms with Gasteiger partial charge in [0.2, 0.25) is 5.91 Å². The molecule has 158 valence electrons. The van der Waals surface area contributed by atoms with E-state index in [9.17, 15) is 9.59 Å². The van der Waals surface area contributed by atoms with Crippen LogP contribution < -0.4 is 10.6 Å². The van der Waals surface area contributed by atoms with Crippen LogP contribution in [0.3, 0.4) is 0 Å². The highest BCUT2D eigenvalue weighted by Crippen LogP contribution is 2.29. The summed E-state index contributed by atoms with van der Waals surface area (Å²) in [4.78, 5) is 29.0. The first-order chi connectivity index (χ1) is 14.0. The number of thiophene rings is 1. The topological polar surface area (TPSA) is 74.6 Å². The van der Waals surface area contributed by atoms with Gasteiger partial charge in [0.15, 0.2) is 5.76 Å². The smallest absolute Gasteiger partial charge is 0.287 e. The van der Waals surface area contributed by atoms with E-state index in [1.807, 2.05) is 13.8 Å². The summed E-state index contributed by atoms with van der Waals surface area (Å²) >= 11 is 1.73. The summed E-state index contributed by atoms with van der Waals surface area (Å²) in [5.41, 5.74) is 0. The van der Waals surface area contributed by atoms with Gasteiger partial charge in [-0.05, 0) is 61.3 Å². The Morgan fingerprint density at radius 2 is 2.00 bits per heavy atom. The molecule has 29 heavy (non-hydrogen) atoms. The van der Waals surface area contributed by atoms with Crippen molar-refractivity contribution >= 4 is 23.2 Å². The second kappa shape index (κ2) is 10.1. The first-order valence-electron chi connectivity index (χ1n) is 10.3. The lowest BCUT2D eigenvalue weighted by molar-refractivity contribution is -0.124. The summed E-state index contributed by atoms with van der Waals surface area (Å²) < 4.78 is 5.14. The van der Waals surface area contributed by atoms with Crippen molar-refractivity contribution in [3.05, 3.63) is 46.5 Å². The zero-order chi connectivity index (χ0) is 20.8. The lowest BCUT2D eigenvalue weighted by Crippen LogP contribution is -2.51. The lowest BCUT2D eigenvalue weighted by Gasteiger charge is -2.36. The summed E-state index contributed by atoms with van der Waals surface area (Å²) in [5.74, 6) is 0.398. The van der Waals surface area contributed by atoms with Crippen LogP contribution >= 0.6 is 11.3 Å². The first kappa shape index (κ1) is 21.6. The summed E-state index contributed by atoms with van der Waals surface area (Å²) in [5, 5.41) is 7.98. The minimum atomic E-state index is -0.613. The molecule has 7 heteroatoms. The van der Waals surface area contributed by atoms with Gasteiger partial charge < -0.3 is 15.1 Å². The van der Waals surface area contributed by atoms with Crippen LogP contribution in [0.1, 0.15) is 55.1 Å². The summed E-state index contributed by atoms with van der Waals surface area (Å²) in [6, 6.07) is 7.00. The van der Waals surface area contributed by atoms with Gasteiger partial charge in [0.1, 0.15) is 6.04 Å². The molecule has 6 nitrogen and oxygen atoms in total. The van der Waals surface area contributed by atoms with Gasteiger partial charge in [-0.25, -0.2) is 0 Å². The molecule has 0 bridgehead atoms. The quantitative estimate of drug-likeness (QED) is 0.687. The van der Waals surface area contributed by atoms with E-state index in [0.29, 0.717) is 6.54 Å². The molecule has 1 fully saturated rings. The molecule has 2 atom stereocenters. The molecule has 0 radical (unpaired) electrons. The number of rotatable bonds is 8. The summed E-state index contributed by atoms with van der Waals surface area (Å²) in [6.45, 7) is 8.78. The number of carbonyl (C=O) groups excluding carboxylic acids is 2. The molecule has 1 saturated heterocycles. The van der Waals surface area contributed by atoms with E-state index in [2.05, 4.69) is 40.0 Å². The fourth-order valence-corrected chi connectivity index (χ4v) is 4.55. The Balaban J connectivity index is 1.63. The van der Waals surface area contributed by atoms with Crippen LogP contribution in [0.15, 0.2) is 40.3 Å². The lowest BCUT2D eigenvalue weighted by atomic mass is 9.97. The van der Waals surface area contributed by atoms with Crippen LogP contribution in [-0.4, -0.2) is 42.4 Å². The number of nitrogens with zero attached hydrogens (tertiary/aromatic N) is 1. The molecule has 0 spiro atoms. The average Bonchev–Trinajstić information content (AvgIpc) is 3.41. The number of hydrogen-bond acceptors (Lipinski definition) is 5. The predicted octanol–water partition coefficient (Wildman–Crippen LogP) is 3.68. The second-order valence-electron chi connectivity index (χ2n) is 8.17. The fourth-order valence-electron chi connectivity index (χ4n) is 3.69. The predicted molar refractivity (Wildman–Crippen MR) is 115 cm³/mol. The Bertz CT molecular complexity index is 765. The third kappa shape index (κ3) is 5.70. The highest BCUT2D eigenvalue weighted by atomic mass is 32.1. The van der Waals surface area contributed by atoms with Crippen molar-refractivity contribution in [2.75, 3.05) is 19.6 Å². The maximum atomic E-state index is 12.9. The number of furan rings is 1. The zero-order valence-electron chi connectivity index (χ0n) is 17.4. The SMILES string of the molecule is CC1CCN([C@H](CNC(=O)[C@H](NC(=O)c2ccco2)C(C)C)c2cccs2)CC1. The molecule has 0 unspecified atom stereocenters. The Labute approximate surface area is 176 Å². The first-order valence-corrected chi connectivity index (χ1v) is 11.2. The number of hydrogen-bond donors (Lipinski definition) is 2. The zero-order valence-corrected chi connectivity index (χ0v) is 18.2. The van der Waals surface area contributed by atoms with Crippen molar-refractivity contribution < 1.29 is 14.0 Å². The monoisotopic (exact) mass is 417 g/mol. The second-order valence-corrected chi connectivity index (χ2v) is 9.15. The van der Waals surface area contributed by atoms with Crippen LogP contribution in [0.25, 0.3) is 0 Å². The van der Waals surface area contributed by atoms with Crippen molar-refractivity contribution in [1.29, 1.82) is 0 Å². The van der Waals surface area contributed by atoms with E-state index in [1.165, 1.54) is 24.0 Å². The molecule has 0 saturated carbocycles. The highest BCUT2D eigenvalue weighted by molar-refractivity contribution is 7.10. The third-order valence-electron chi connectivity index (χ3n) is 5.58. The van der Waals surface area contributed by atoms with Gasteiger partial charge in [0.25, 0.3) is 5.91 Å². The Hall–Kier alpha value is -2.12. The van der Waals surface area contributed by atoms with Gasteiger partial charge in [-0.15, -0.1) is 11.3 Å². The van der Waals surface area contributed by atoms with Crippen molar-refractivity contribution in [3.8, 4) is 0 Å². The normalized spacial score (nSPS) is 17.8. The van der Waals surface area contributed by atoms with Crippen LogP contribution in [0.5, 0.6) is 0 Å².